The van der Waals surface area contributed by atoms with Crippen molar-refractivity contribution in [1.82, 2.24) is 4.57 Å². The zero-order valence-electron chi connectivity index (χ0n) is 14.3. The Morgan fingerprint density at radius 2 is 1.46 bits per heavy atom. The average Bonchev–Trinajstić information content (AvgIpc) is 2.93. The third kappa shape index (κ3) is 3.61. The number of hydrogen-bond acceptors (Lipinski definition) is 2. The van der Waals surface area contributed by atoms with Gasteiger partial charge in [0.25, 0.3) is 0 Å². The van der Waals surface area contributed by atoms with Gasteiger partial charge in [-0.05, 0) is 31.9 Å². The van der Waals surface area contributed by atoms with E-state index in [1.165, 1.54) is 21.8 Å². The summed E-state index contributed by atoms with van der Waals surface area (Å²) in [6, 6.07) is 17.2. The van der Waals surface area contributed by atoms with Crippen molar-refractivity contribution in [3.8, 4) is 0 Å². The Labute approximate surface area is 143 Å². The minimum absolute atomic E-state index is 0.0695. The second-order valence-electron chi connectivity index (χ2n) is 6.16. The Morgan fingerprint density at radius 3 is 2.08 bits per heavy atom. The summed E-state index contributed by atoms with van der Waals surface area (Å²) in [5.41, 5.74) is 2.62. The molecule has 0 saturated heterocycles. The largest absolute Gasteiger partial charge is 0.466 e. The molecule has 0 aliphatic carbocycles. The van der Waals surface area contributed by atoms with Gasteiger partial charge in [0.05, 0.1) is 6.61 Å². The monoisotopic (exact) mass is 323 g/mol. The maximum Gasteiger partial charge on any atom is 0.305 e. The lowest BCUT2D eigenvalue weighted by molar-refractivity contribution is -0.143. The normalized spacial score (nSPS) is 11.2. The van der Waals surface area contributed by atoms with E-state index in [1.807, 2.05) is 6.92 Å². The summed E-state index contributed by atoms with van der Waals surface area (Å²) in [4.78, 5) is 11.3. The molecule has 0 unspecified atom stereocenters. The maximum absolute atomic E-state index is 11.3. The van der Waals surface area contributed by atoms with Crippen LogP contribution in [0.25, 0.3) is 21.8 Å². The number of aromatic nitrogens is 1. The van der Waals surface area contributed by atoms with Crippen molar-refractivity contribution < 1.29 is 9.53 Å². The van der Waals surface area contributed by atoms with Gasteiger partial charge in [-0.15, -0.1) is 0 Å². The highest BCUT2D eigenvalue weighted by molar-refractivity contribution is 6.07. The van der Waals surface area contributed by atoms with Crippen molar-refractivity contribution >= 4 is 27.8 Å². The van der Waals surface area contributed by atoms with Crippen LogP contribution in [-0.4, -0.2) is 17.1 Å². The average molecular weight is 323 g/mol. The molecule has 0 saturated carbocycles. The third-order valence-electron chi connectivity index (χ3n) is 4.50. The summed E-state index contributed by atoms with van der Waals surface area (Å²) < 4.78 is 7.39. The van der Waals surface area contributed by atoms with Gasteiger partial charge in [0.15, 0.2) is 0 Å². The highest BCUT2D eigenvalue weighted by Crippen LogP contribution is 2.29. The summed E-state index contributed by atoms with van der Waals surface area (Å²) in [6.07, 6.45) is 4.82. The smallest absolute Gasteiger partial charge is 0.305 e. The van der Waals surface area contributed by atoms with E-state index < -0.39 is 0 Å². The first-order valence-corrected chi connectivity index (χ1v) is 8.93. The molecule has 0 aliphatic heterocycles. The van der Waals surface area contributed by atoms with Crippen LogP contribution in [0.2, 0.25) is 0 Å². The van der Waals surface area contributed by atoms with Crippen LogP contribution in [0.3, 0.4) is 0 Å². The van der Waals surface area contributed by atoms with Gasteiger partial charge in [0.2, 0.25) is 0 Å². The van der Waals surface area contributed by atoms with Crippen molar-refractivity contribution in [2.75, 3.05) is 6.61 Å². The van der Waals surface area contributed by atoms with Gasteiger partial charge < -0.3 is 9.30 Å². The number of benzene rings is 2. The topological polar surface area (TPSA) is 31.2 Å². The van der Waals surface area contributed by atoms with E-state index in [-0.39, 0.29) is 5.97 Å². The zero-order chi connectivity index (χ0) is 16.8. The quantitative estimate of drug-likeness (QED) is 0.415. The molecule has 0 amide bonds. The molecule has 3 heteroatoms. The first-order chi connectivity index (χ1) is 11.8. The molecule has 24 heavy (non-hydrogen) atoms. The Bertz CT molecular complexity index is 766. The Balaban J connectivity index is 1.60. The van der Waals surface area contributed by atoms with Gasteiger partial charge in [-0.3, -0.25) is 4.79 Å². The lowest BCUT2D eigenvalue weighted by Crippen LogP contribution is -2.03. The number of carbonyl (C=O) groups is 1. The lowest BCUT2D eigenvalue weighted by Gasteiger charge is -2.07. The second-order valence-corrected chi connectivity index (χ2v) is 6.16. The van der Waals surface area contributed by atoms with E-state index in [2.05, 4.69) is 53.1 Å². The van der Waals surface area contributed by atoms with Crippen molar-refractivity contribution in [2.24, 2.45) is 0 Å². The lowest BCUT2D eigenvalue weighted by atomic mass is 10.1. The first-order valence-electron chi connectivity index (χ1n) is 8.93. The minimum Gasteiger partial charge on any atom is -0.466 e. The number of hydrogen-bond donors (Lipinski definition) is 0. The molecule has 1 aromatic heterocycles. The third-order valence-corrected chi connectivity index (χ3v) is 4.50. The van der Waals surface area contributed by atoms with Crippen LogP contribution in [0.1, 0.15) is 39.0 Å². The number of rotatable bonds is 8. The molecule has 3 aromatic rings. The number of aryl methyl sites for hydroxylation is 1. The highest BCUT2D eigenvalue weighted by Gasteiger charge is 2.09. The number of para-hydroxylation sites is 2. The van der Waals surface area contributed by atoms with E-state index in [0.717, 1.165) is 32.2 Å². The van der Waals surface area contributed by atoms with E-state index in [4.69, 9.17) is 4.74 Å². The van der Waals surface area contributed by atoms with E-state index >= 15 is 0 Å². The Hall–Kier alpha value is -2.29. The van der Waals surface area contributed by atoms with Crippen LogP contribution in [0.4, 0.5) is 0 Å². The van der Waals surface area contributed by atoms with Crippen molar-refractivity contribution in [1.29, 1.82) is 0 Å². The molecular weight excluding hydrogens is 298 g/mol. The minimum atomic E-state index is -0.0695. The molecule has 0 fully saturated rings. The number of unbranched alkanes of at least 4 members (excludes halogenated alkanes) is 3. The molecule has 0 radical (unpaired) electrons. The zero-order valence-corrected chi connectivity index (χ0v) is 14.3. The molecule has 3 nitrogen and oxygen atoms in total. The SMILES string of the molecule is CCOC(=O)CCCCCCn1c2ccccc2c2ccccc21. The maximum atomic E-state index is 11.3. The van der Waals surface area contributed by atoms with E-state index in [0.29, 0.717) is 13.0 Å². The van der Waals surface area contributed by atoms with Gasteiger partial charge in [-0.2, -0.15) is 0 Å². The summed E-state index contributed by atoms with van der Waals surface area (Å²) >= 11 is 0. The van der Waals surface area contributed by atoms with Crippen LogP contribution in [0.15, 0.2) is 48.5 Å². The molecule has 126 valence electrons. The van der Waals surface area contributed by atoms with Crippen LogP contribution in [0.5, 0.6) is 0 Å². The summed E-state index contributed by atoms with van der Waals surface area (Å²) in [7, 11) is 0. The Kier molecular flexibility index (Phi) is 5.52. The summed E-state index contributed by atoms with van der Waals surface area (Å²) in [5.74, 6) is -0.0695. The molecule has 0 spiro atoms. The van der Waals surface area contributed by atoms with Gasteiger partial charge in [0.1, 0.15) is 0 Å². The van der Waals surface area contributed by atoms with Crippen molar-refractivity contribution in [2.45, 2.75) is 45.6 Å². The van der Waals surface area contributed by atoms with Gasteiger partial charge >= 0.3 is 5.97 Å². The van der Waals surface area contributed by atoms with Crippen LogP contribution in [0, 0.1) is 0 Å². The predicted octanol–water partition coefficient (Wildman–Crippen LogP) is 5.31. The van der Waals surface area contributed by atoms with E-state index in [1.54, 1.807) is 0 Å². The van der Waals surface area contributed by atoms with E-state index in [9.17, 15) is 4.79 Å². The molecule has 0 bridgehead atoms. The first kappa shape index (κ1) is 16.6. The molecule has 3 rings (SSSR count). The van der Waals surface area contributed by atoms with Gasteiger partial charge in [-0.25, -0.2) is 0 Å². The molecule has 1 heterocycles. The second kappa shape index (κ2) is 8.00. The molecular formula is C21H25NO2. The van der Waals surface area contributed by atoms with Crippen molar-refractivity contribution in [3.05, 3.63) is 48.5 Å². The number of fused-ring (bicyclic) bond motifs is 3. The fourth-order valence-electron chi connectivity index (χ4n) is 3.37. The summed E-state index contributed by atoms with van der Waals surface area (Å²) in [5, 5.41) is 2.66. The molecule has 0 N–H and O–H groups in total. The number of ether oxygens (including phenoxy) is 1. The van der Waals surface area contributed by atoms with Crippen LogP contribution < -0.4 is 0 Å². The summed E-state index contributed by atoms with van der Waals surface area (Å²) in [6.45, 7) is 3.35. The van der Waals surface area contributed by atoms with Gasteiger partial charge in [-0.1, -0.05) is 49.2 Å². The fourth-order valence-corrected chi connectivity index (χ4v) is 3.37. The Morgan fingerprint density at radius 1 is 0.875 bits per heavy atom. The number of esters is 1. The van der Waals surface area contributed by atoms with Crippen LogP contribution in [-0.2, 0) is 16.1 Å². The highest BCUT2D eigenvalue weighted by atomic mass is 16.5. The number of nitrogens with zero attached hydrogens (tertiary/aromatic N) is 1. The molecule has 2 aromatic carbocycles. The van der Waals surface area contributed by atoms with Crippen LogP contribution >= 0.6 is 0 Å². The molecule has 0 atom stereocenters. The predicted molar refractivity (Wildman–Crippen MR) is 99.2 cm³/mol. The standard InChI is InChI=1S/C21H25NO2/c1-2-24-21(23)15-5-3-4-10-16-22-19-13-8-6-11-17(19)18-12-7-9-14-20(18)22/h6-9,11-14H,2-5,10,15-16H2,1H3. The fraction of sp³-hybridized carbons (Fsp3) is 0.381. The molecule has 0 aliphatic rings. The van der Waals surface area contributed by atoms with Gasteiger partial charge in [0, 0.05) is 34.8 Å². The number of carbonyl (C=O) groups excluding carboxylic acids is 1. The van der Waals surface area contributed by atoms with Crippen molar-refractivity contribution in [3.63, 3.8) is 0 Å².